The Kier molecular flexibility index (Phi) is 5.24. The van der Waals surface area contributed by atoms with E-state index in [1.807, 2.05) is 13.1 Å². The first-order chi connectivity index (χ1) is 9.28. The zero-order valence-electron chi connectivity index (χ0n) is 11.6. The van der Waals surface area contributed by atoms with Crippen LogP contribution in [0.4, 0.5) is 0 Å². The minimum atomic E-state index is 1.00. The van der Waals surface area contributed by atoms with Gasteiger partial charge in [-0.15, -0.1) is 0 Å². The fourth-order valence-corrected chi connectivity index (χ4v) is 3.02. The Morgan fingerprint density at radius 2 is 2.32 bits per heavy atom. The van der Waals surface area contributed by atoms with Gasteiger partial charge in [0.25, 0.3) is 0 Å². The van der Waals surface area contributed by atoms with Crippen LogP contribution in [0.1, 0.15) is 12.8 Å². The zero-order chi connectivity index (χ0) is 13.7. The van der Waals surface area contributed by atoms with E-state index in [-0.39, 0.29) is 0 Å². The molecule has 2 heterocycles. The average Bonchev–Trinajstić information content (AvgIpc) is 2.88. The highest BCUT2D eigenvalue weighted by atomic mass is 32.2. The molecule has 0 saturated carbocycles. The molecule has 2 aliphatic heterocycles. The monoisotopic (exact) mass is 278 g/mol. The number of rotatable bonds is 4. The molecule has 0 aliphatic carbocycles. The van der Waals surface area contributed by atoms with Gasteiger partial charge in [0, 0.05) is 32.9 Å². The molecule has 5 heteroatoms. The Balaban J connectivity index is 2.17. The van der Waals surface area contributed by atoms with Gasteiger partial charge in [0.05, 0.1) is 5.70 Å². The normalized spacial score (nSPS) is 25.2. The molecule has 0 spiro atoms. The molecule has 104 valence electrons. The maximum Gasteiger partial charge on any atom is 0.0566 e. The number of allylic oxidation sites excluding steroid dienone is 2. The van der Waals surface area contributed by atoms with E-state index in [9.17, 15) is 0 Å². The van der Waals surface area contributed by atoms with Crippen LogP contribution in [0.2, 0.25) is 0 Å². The maximum absolute atomic E-state index is 7.33. The SMILES string of the molecule is CNN1CCCC(=C\C2=CCN(SC)C2)/C1=C\C=N. The second-order valence-corrected chi connectivity index (χ2v) is 5.53. The van der Waals surface area contributed by atoms with Crippen LogP contribution in [0, 0.1) is 5.41 Å². The third-order valence-corrected chi connectivity index (χ3v) is 4.29. The van der Waals surface area contributed by atoms with Gasteiger partial charge in [0.15, 0.2) is 0 Å². The van der Waals surface area contributed by atoms with E-state index in [4.69, 9.17) is 5.41 Å². The van der Waals surface area contributed by atoms with Crippen molar-refractivity contribution in [2.24, 2.45) is 0 Å². The Morgan fingerprint density at radius 3 is 2.95 bits per heavy atom. The quantitative estimate of drug-likeness (QED) is 0.611. The number of hydrazine groups is 1. The summed E-state index contributed by atoms with van der Waals surface area (Å²) in [6.07, 6.45) is 12.2. The summed E-state index contributed by atoms with van der Waals surface area (Å²) in [5.74, 6) is 0. The molecule has 1 fully saturated rings. The van der Waals surface area contributed by atoms with Crippen molar-refractivity contribution >= 4 is 18.2 Å². The van der Waals surface area contributed by atoms with Crippen molar-refractivity contribution in [1.82, 2.24) is 14.7 Å². The molecule has 2 N–H and O–H groups in total. The van der Waals surface area contributed by atoms with Gasteiger partial charge in [-0.25, -0.2) is 9.73 Å². The number of piperidine rings is 1. The topological polar surface area (TPSA) is 42.4 Å². The van der Waals surface area contributed by atoms with Crippen LogP contribution in [0.25, 0.3) is 0 Å². The van der Waals surface area contributed by atoms with E-state index in [1.165, 1.54) is 17.4 Å². The molecule has 0 unspecified atom stereocenters. The highest BCUT2D eigenvalue weighted by molar-refractivity contribution is 7.96. The summed E-state index contributed by atoms with van der Waals surface area (Å²) in [5, 5.41) is 9.46. The maximum atomic E-state index is 7.33. The van der Waals surface area contributed by atoms with E-state index >= 15 is 0 Å². The number of hydrogen-bond acceptors (Lipinski definition) is 5. The number of hydrogen-bond donors (Lipinski definition) is 2. The fraction of sp³-hybridized carbons (Fsp3) is 0.500. The van der Waals surface area contributed by atoms with Gasteiger partial charge in [0.2, 0.25) is 0 Å². The third-order valence-electron chi connectivity index (χ3n) is 3.49. The first kappa shape index (κ1) is 14.4. The molecular formula is C14H22N4S. The fourth-order valence-electron chi connectivity index (χ4n) is 2.52. The van der Waals surface area contributed by atoms with Crippen LogP contribution in [0.15, 0.2) is 35.1 Å². The summed E-state index contributed by atoms with van der Waals surface area (Å²) >= 11 is 1.79. The minimum Gasteiger partial charge on any atom is -0.309 e. The van der Waals surface area contributed by atoms with Crippen molar-refractivity contribution in [1.29, 1.82) is 5.41 Å². The summed E-state index contributed by atoms with van der Waals surface area (Å²) < 4.78 is 2.34. The van der Waals surface area contributed by atoms with Gasteiger partial charge in [-0.3, -0.25) is 0 Å². The lowest BCUT2D eigenvalue weighted by atomic mass is 9.99. The van der Waals surface area contributed by atoms with Gasteiger partial charge in [-0.2, -0.15) is 0 Å². The van der Waals surface area contributed by atoms with E-state index in [2.05, 4.69) is 33.1 Å². The van der Waals surface area contributed by atoms with Crippen molar-refractivity contribution < 1.29 is 0 Å². The second-order valence-electron chi connectivity index (χ2n) is 4.65. The van der Waals surface area contributed by atoms with Crippen molar-refractivity contribution in [2.75, 3.05) is 32.9 Å². The summed E-state index contributed by atoms with van der Waals surface area (Å²) in [6.45, 7) is 3.05. The first-order valence-corrected chi connectivity index (χ1v) is 7.81. The summed E-state index contributed by atoms with van der Waals surface area (Å²) in [5.41, 5.74) is 7.05. The molecule has 2 aliphatic rings. The molecule has 0 aromatic rings. The van der Waals surface area contributed by atoms with Crippen LogP contribution >= 0.6 is 11.9 Å². The Labute approximate surface area is 119 Å². The van der Waals surface area contributed by atoms with Gasteiger partial charge in [-0.1, -0.05) is 24.1 Å². The summed E-state index contributed by atoms with van der Waals surface area (Å²) in [4.78, 5) is 0. The lowest BCUT2D eigenvalue weighted by Crippen LogP contribution is -2.38. The predicted molar refractivity (Wildman–Crippen MR) is 83.1 cm³/mol. The van der Waals surface area contributed by atoms with Crippen molar-refractivity contribution in [2.45, 2.75) is 12.8 Å². The molecular weight excluding hydrogens is 256 g/mol. The van der Waals surface area contributed by atoms with E-state index < -0.39 is 0 Å². The van der Waals surface area contributed by atoms with Crippen LogP contribution in [0.3, 0.4) is 0 Å². The van der Waals surface area contributed by atoms with Crippen molar-refractivity contribution in [3.05, 3.63) is 35.1 Å². The Bertz CT molecular complexity index is 425. The predicted octanol–water partition coefficient (Wildman–Crippen LogP) is 2.20. The average molecular weight is 278 g/mol. The molecule has 0 atom stereocenters. The molecule has 0 radical (unpaired) electrons. The molecule has 0 aromatic heterocycles. The third kappa shape index (κ3) is 3.49. The summed E-state index contributed by atoms with van der Waals surface area (Å²) in [6, 6.07) is 0. The van der Waals surface area contributed by atoms with Crippen LogP contribution in [0.5, 0.6) is 0 Å². The molecule has 0 aromatic carbocycles. The lowest BCUT2D eigenvalue weighted by Gasteiger charge is -2.32. The Hall–Kier alpha value is -1.04. The van der Waals surface area contributed by atoms with Crippen molar-refractivity contribution in [3.63, 3.8) is 0 Å². The molecule has 4 nitrogen and oxygen atoms in total. The number of nitrogens with one attached hydrogen (secondary N) is 2. The van der Waals surface area contributed by atoms with Gasteiger partial charge >= 0.3 is 0 Å². The first-order valence-electron chi connectivity index (χ1n) is 6.63. The highest BCUT2D eigenvalue weighted by Crippen LogP contribution is 2.27. The standard InChI is InChI=1S/C14H22N4S/c1-16-18-8-3-4-13(14(18)5-7-15)10-12-6-9-17(11-12)19-2/h5-7,10,15-16H,3-4,8-9,11H2,1-2H3/b13-10+,14-5+,15-7?. The van der Waals surface area contributed by atoms with E-state index in [0.717, 1.165) is 38.2 Å². The largest absolute Gasteiger partial charge is 0.309 e. The minimum absolute atomic E-state index is 1.00. The highest BCUT2D eigenvalue weighted by Gasteiger charge is 2.19. The molecule has 19 heavy (non-hydrogen) atoms. The van der Waals surface area contributed by atoms with E-state index in [1.54, 1.807) is 11.9 Å². The van der Waals surface area contributed by atoms with Crippen LogP contribution in [-0.4, -0.2) is 48.5 Å². The molecule has 1 saturated heterocycles. The number of nitrogens with zero attached hydrogens (tertiary/aromatic N) is 2. The van der Waals surface area contributed by atoms with Gasteiger partial charge in [0.1, 0.15) is 0 Å². The smallest absolute Gasteiger partial charge is 0.0566 e. The van der Waals surface area contributed by atoms with E-state index in [0.29, 0.717) is 0 Å². The molecule has 0 amide bonds. The second kappa shape index (κ2) is 6.93. The van der Waals surface area contributed by atoms with Crippen LogP contribution in [-0.2, 0) is 0 Å². The lowest BCUT2D eigenvalue weighted by molar-refractivity contribution is 0.253. The van der Waals surface area contributed by atoms with Crippen LogP contribution < -0.4 is 5.43 Å². The van der Waals surface area contributed by atoms with Crippen molar-refractivity contribution in [3.8, 4) is 0 Å². The van der Waals surface area contributed by atoms with Gasteiger partial charge in [-0.05, 0) is 36.3 Å². The summed E-state index contributed by atoms with van der Waals surface area (Å²) in [7, 11) is 1.94. The molecule has 2 rings (SSSR count). The Morgan fingerprint density at radius 1 is 1.47 bits per heavy atom. The molecule has 0 bridgehead atoms. The zero-order valence-corrected chi connectivity index (χ0v) is 12.5. The van der Waals surface area contributed by atoms with Gasteiger partial charge < -0.3 is 10.4 Å².